The SMILES string of the molecule is Cc1sc2nc(C3CCCS3)nc(NN)c2c1C. The van der Waals surface area contributed by atoms with Crippen LogP contribution in [-0.4, -0.2) is 15.7 Å². The van der Waals surface area contributed by atoms with E-state index >= 15 is 0 Å². The van der Waals surface area contributed by atoms with Crippen LogP contribution in [0.25, 0.3) is 10.2 Å². The van der Waals surface area contributed by atoms with Crippen molar-refractivity contribution in [2.45, 2.75) is 31.9 Å². The van der Waals surface area contributed by atoms with E-state index in [0.29, 0.717) is 5.25 Å². The van der Waals surface area contributed by atoms with Crippen molar-refractivity contribution >= 4 is 39.1 Å². The number of thioether (sulfide) groups is 1. The van der Waals surface area contributed by atoms with Gasteiger partial charge in [0.15, 0.2) is 5.82 Å². The lowest BCUT2D eigenvalue weighted by molar-refractivity contribution is 0.784. The molecular weight excluding hydrogens is 264 g/mol. The molecule has 3 heterocycles. The van der Waals surface area contributed by atoms with Gasteiger partial charge < -0.3 is 5.43 Å². The molecule has 0 aromatic carbocycles. The van der Waals surface area contributed by atoms with Crippen molar-refractivity contribution in [3.63, 3.8) is 0 Å². The predicted octanol–water partition coefficient (Wildman–Crippen LogP) is 3.16. The minimum Gasteiger partial charge on any atom is -0.308 e. The minimum absolute atomic E-state index is 0.434. The van der Waals surface area contributed by atoms with Crippen LogP contribution < -0.4 is 11.3 Å². The molecule has 1 fully saturated rings. The molecule has 0 saturated carbocycles. The minimum atomic E-state index is 0.434. The molecule has 1 unspecified atom stereocenters. The summed E-state index contributed by atoms with van der Waals surface area (Å²) in [5.41, 5.74) is 3.96. The Morgan fingerprint density at radius 3 is 2.83 bits per heavy atom. The maximum atomic E-state index is 5.62. The van der Waals surface area contributed by atoms with Crippen LogP contribution in [0.15, 0.2) is 0 Å². The molecule has 0 aliphatic carbocycles. The monoisotopic (exact) mass is 280 g/mol. The number of aryl methyl sites for hydroxylation is 2. The quantitative estimate of drug-likeness (QED) is 0.653. The number of rotatable bonds is 2. The number of anilines is 1. The molecule has 3 rings (SSSR count). The van der Waals surface area contributed by atoms with E-state index in [1.54, 1.807) is 11.3 Å². The second-order valence-corrected chi connectivity index (χ2v) is 7.05. The van der Waals surface area contributed by atoms with Crippen LogP contribution in [0, 0.1) is 13.8 Å². The highest BCUT2D eigenvalue weighted by Gasteiger charge is 2.23. The number of thiophene rings is 1. The number of hydrazine groups is 1. The van der Waals surface area contributed by atoms with Crippen LogP contribution in [0.2, 0.25) is 0 Å². The maximum absolute atomic E-state index is 5.62. The lowest BCUT2D eigenvalue weighted by atomic mass is 10.2. The van der Waals surface area contributed by atoms with Crippen molar-refractivity contribution in [2.24, 2.45) is 5.84 Å². The molecule has 96 valence electrons. The van der Waals surface area contributed by atoms with Crippen LogP contribution in [0.5, 0.6) is 0 Å². The average Bonchev–Trinajstić information content (AvgIpc) is 2.98. The van der Waals surface area contributed by atoms with Gasteiger partial charge >= 0.3 is 0 Å². The molecule has 1 aliphatic heterocycles. The van der Waals surface area contributed by atoms with E-state index < -0.39 is 0 Å². The van der Waals surface area contributed by atoms with Gasteiger partial charge in [-0.1, -0.05) is 0 Å². The first-order valence-corrected chi connectivity index (χ1v) is 7.93. The summed E-state index contributed by atoms with van der Waals surface area (Å²) in [5, 5.41) is 1.51. The smallest absolute Gasteiger partial charge is 0.152 e. The van der Waals surface area contributed by atoms with Crippen molar-refractivity contribution in [3.05, 3.63) is 16.3 Å². The molecule has 3 N–H and O–H groups in total. The average molecular weight is 280 g/mol. The van der Waals surface area contributed by atoms with Crippen LogP contribution >= 0.6 is 23.1 Å². The number of hydrogen-bond donors (Lipinski definition) is 2. The fourth-order valence-electron chi connectivity index (χ4n) is 2.30. The third kappa shape index (κ3) is 1.88. The van der Waals surface area contributed by atoms with Crippen LogP contribution in [-0.2, 0) is 0 Å². The van der Waals surface area contributed by atoms with Crippen LogP contribution in [0.1, 0.15) is 34.4 Å². The van der Waals surface area contributed by atoms with E-state index in [0.717, 1.165) is 21.9 Å². The molecule has 18 heavy (non-hydrogen) atoms. The lowest BCUT2D eigenvalue weighted by Crippen LogP contribution is -2.11. The van der Waals surface area contributed by atoms with Gasteiger partial charge in [0, 0.05) is 4.88 Å². The zero-order valence-electron chi connectivity index (χ0n) is 10.5. The summed E-state index contributed by atoms with van der Waals surface area (Å²) in [5.74, 6) is 8.53. The van der Waals surface area contributed by atoms with Gasteiger partial charge in [-0.25, -0.2) is 15.8 Å². The summed E-state index contributed by atoms with van der Waals surface area (Å²) >= 11 is 3.67. The van der Waals surface area contributed by atoms with Gasteiger partial charge in [-0.05, 0) is 38.0 Å². The first-order valence-electron chi connectivity index (χ1n) is 6.06. The normalized spacial score (nSPS) is 19.6. The van der Waals surface area contributed by atoms with Crippen molar-refractivity contribution in [1.82, 2.24) is 9.97 Å². The summed E-state index contributed by atoms with van der Waals surface area (Å²) in [7, 11) is 0. The molecule has 1 atom stereocenters. The third-order valence-electron chi connectivity index (χ3n) is 3.40. The van der Waals surface area contributed by atoms with Gasteiger partial charge in [0.05, 0.1) is 10.6 Å². The molecular formula is C12H16N4S2. The van der Waals surface area contributed by atoms with Crippen molar-refractivity contribution < 1.29 is 0 Å². The summed E-state index contributed by atoms with van der Waals surface area (Å²) in [4.78, 5) is 11.7. The Morgan fingerprint density at radius 2 is 2.17 bits per heavy atom. The Kier molecular flexibility index (Phi) is 3.17. The van der Waals surface area contributed by atoms with Gasteiger partial charge in [-0.15, -0.1) is 11.3 Å². The number of hydrogen-bond acceptors (Lipinski definition) is 6. The summed E-state index contributed by atoms with van der Waals surface area (Å²) in [6, 6.07) is 0. The number of aromatic nitrogens is 2. The number of nitrogen functional groups attached to an aromatic ring is 1. The van der Waals surface area contributed by atoms with E-state index in [4.69, 9.17) is 10.8 Å². The van der Waals surface area contributed by atoms with Crippen LogP contribution in [0.3, 0.4) is 0 Å². The number of fused-ring (bicyclic) bond motifs is 1. The standard InChI is InChI=1S/C12H16N4S2/c1-6-7(2)18-12-9(6)11(16-13)14-10(15-12)8-4-3-5-17-8/h8H,3-5,13H2,1-2H3,(H,14,15,16). The molecule has 0 spiro atoms. The summed E-state index contributed by atoms with van der Waals surface area (Å²) in [6.07, 6.45) is 2.42. The highest BCUT2D eigenvalue weighted by atomic mass is 32.2. The summed E-state index contributed by atoms with van der Waals surface area (Å²) < 4.78 is 0. The second kappa shape index (κ2) is 4.68. The van der Waals surface area contributed by atoms with E-state index in [1.807, 2.05) is 11.8 Å². The maximum Gasteiger partial charge on any atom is 0.152 e. The Hall–Kier alpha value is -0.850. The molecule has 1 saturated heterocycles. The Balaban J connectivity index is 2.18. The van der Waals surface area contributed by atoms with E-state index in [1.165, 1.54) is 29.0 Å². The Morgan fingerprint density at radius 1 is 1.33 bits per heavy atom. The first kappa shape index (κ1) is 12.2. The molecule has 0 radical (unpaired) electrons. The van der Waals surface area contributed by atoms with Gasteiger partial charge in [-0.2, -0.15) is 11.8 Å². The second-order valence-electron chi connectivity index (χ2n) is 4.54. The number of nitrogens with zero attached hydrogens (tertiary/aromatic N) is 2. The molecule has 0 amide bonds. The van der Waals surface area contributed by atoms with Crippen molar-refractivity contribution in [1.29, 1.82) is 0 Å². The largest absolute Gasteiger partial charge is 0.308 e. The van der Waals surface area contributed by atoms with E-state index in [9.17, 15) is 0 Å². The van der Waals surface area contributed by atoms with Crippen LogP contribution in [0.4, 0.5) is 5.82 Å². The lowest BCUT2D eigenvalue weighted by Gasteiger charge is -2.10. The predicted molar refractivity (Wildman–Crippen MR) is 79.1 cm³/mol. The van der Waals surface area contributed by atoms with Gasteiger partial charge in [0.1, 0.15) is 10.7 Å². The molecule has 4 nitrogen and oxygen atoms in total. The molecule has 2 aromatic rings. The molecule has 6 heteroatoms. The highest BCUT2D eigenvalue weighted by Crippen LogP contribution is 2.41. The van der Waals surface area contributed by atoms with E-state index in [2.05, 4.69) is 24.3 Å². The molecule has 0 bridgehead atoms. The third-order valence-corrected chi connectivity index (χ3v) is 5.87. The highest BCUT2D eigenvalue weighted by molar-refractivity contribution is 7.99. The van der Waals surface area contributed by atoms with Crippen molar-refractivity contribution in [3.8, 4) is 0 Å². The van der Waals surface area contributed by atoms with Crippen molar-refractivity contribution in [2.75, 3.05) is 11.2 Å². The molecule has 1 aliphatic rings. The zero-order chi connectivity index (χ0) is 12.7. The van der Waals surface area contributed by atoms with Gasteiger partial charge in [0.2, 0.25) is 0 Å². The summed E-state index contributed by atoms with van der Waals surface area (Å²) in [6.45, 7) is 4.22. The van der Waals surface area contributed by atoms with Gasteiger partial charge in [-0.3, -0.25) is 0 Å². The molecule has 2 aromatic heterocycles. The number of nitrogens with one attached hydrogen (secondary N) is 1. The fourth-order valence-corrected chi connectivity index (χ4v) is 4.54. The van der Waals surface area contributed by atoms with E-state index in [-0.39, 0.29) is 0 Å². The number of nitrogens with two attached hydrogens (primary N) is 1. The van der Waals surface area contributed by atoms with Gasteiger partial charge in [0.25, 0.3) is 0 Å². The Bertz CT molecular complexity index is 587. The topological polar surface area (TPSA) is 63.8 Å². The first-order chi connectivity index (χ1) is 8.70. The Labute approximate surface area is 114 Å². The zero-order valence-corrected chi connectivity index (χ0v) is 12.1. The fraction of sp³-hybridized carbons (Fsp3) is 0.500.